The Labute approximate surface area is 206 Å². The topological polar surface area (TPSA) is 77.0 Å². The van der Waals surface area contributed by atoms with Gasteiger partial charge in [-0.3, -0.25) is 4.79 Å². The lowest BCUT2D eigenvalue weighted by atomic mass is 10.2. The van der Waals surface area contributed by atoms with Crippen molar-refractivity contribution in [1.82, 2.24) is 5.43 Å². The lowest BCUT2D eigenvalue weighted by molar-refractivity contribution is 0.0734. The number of nitrogens with one attached hydrogen (secondary N) is 1. The van der Waals surface area contributed by atoms with Crippen LogP contribution in [0, 0.1) is 0 Å². The van der Waals surface area contributed by atoms with E-state index in [0.29, 0.717) is 32.5 Å². The van der Waals surface area contributed by atoms with Crippen LogP contribution in [0.25, 0.3) is 10.1 Å². The number of hydrogen-bond donors (Lipinski definition) is 1. The fourth-order valence-corrected chi connectivity index (χ4v) is 4.77. The predicted octanol–water partition coefficient (Wildman–Crippen LogP) is 6.31. The molecule has 0 atom stereocenters. The molecule has 0 aliphatic carbocycles. The van der Waals surface area contributed by atoms with E-state index in [1.165, 1.54) is 17.6 Å². The van der Waals surface area contributed by atoms with Gasteiger partial charge in [0.05, 0.1) is 23.9 Å². The summed E-state index contributed by atoms with van der Waals surface area (Å²) in [5.74, 6) is 0.226. The van der Waals surface area contributed by atoms with Crippen molar-refractivity contribution in [2.75, 3.05) is 7.11 Å². The van der Waals surface area contributed by atoms with E-state index in [1.807, 2.05) is 18.2 Å². The molecule has 0 fully saturated rings. The first kappa shape index (κ1) is 23.0. The van der Waals surface area contributed by atoms with Crippen LogP contribution in [0.1, 0.15) is 25.6 Å². The Morgan fingerprint density at radius 1 is 1.06 bits per heavy atom. The van der Waals surface area contributed by atoms with E-state index in [4.69, 9.17) is 21.1 Å². The fraction of sp³-hybridized carbons (Fsp3) is 0.0417. The van der Waals surface area contributed by atoms with Crippen LogP contribution < -0.4 is 14.9 Å². The SMILES string of the molecule is COc1ccc2c(Cl)c(C(=O)NN=Cc3ccc(OC(=O)c4cccc(Br)c4)cc3)sc2c1. The Morgan fingerprint density at radius 3 is 2.55 bits per heavy atom. The Kier molecular flexibility index (Phi) is 7.08. The minimum atomic E-state index is -0.456. The molecule has 4 rings (SSSR count). The predicted molar refractivity (Wildman–Crippen MR) is 134 cm³/mol. The number of halogens is 2. The van der Waals surface area contributed by atoms with Gasteiger partial charge in [-0.1, -0.05) is 33.6 Å². The molecular formula is C24H16BrClN2O4S. The summed E-state index contributed by atoms with van der Waals surface area (Å²) in [7, 11) is 1.58. The summed E-state index contributed by atoms with van der Waals surface area (Å²) in [4.78, 5) is 25.1. The molecule has 0 radical (unpaired) electrons. The number of ether oxygens (including phenoxy) is 2. The van der Waals surface area contributed by atoms with Gasteiger partial charge in [-0.05, 0) is 66.2 Å². The minimum Gasteiger partial charge on any atom is -0.497 e. The van der Waals surface area contributed by atoms with Gasteiger partial charge >= 0.3 is 5.97 Å². The average Bonchev–Trinajstić information content (AvgIpc) is 3.15. The van der Waals surface area contributed by atoms with Crippen LogP contribution in [-0.4, -0.2) is 25.2 Å². The third-order valence-corrected chi connectivity index (χ3v) is 6.72. The molecule has 166 valence electrons. The summed E-state index contributed by atoms with van der Waals surface area (Å²) in [6.07, 6.45) is 1.49. The number of benzene rings is 3. The van der Waals surface area contributed by atoms with Crippen molar-refractivity contribution in [3.63, 3.8) is 0 Å². The summed E-state index contributed by atoms with van der Waals surface area (Å²) in [5.41, 5.74) is 3.64. The molecule has 0 spiro atoms. The first-order chi connectivity index (χ1) is 15.9. The van der Waals surface area contributed by atoms with E-state index < -0.39 is 11.9 Å². The third-order valence-electron chi connectivity index (χ3n) is 4.57. The van der Waals surface area contributed by atoms with E-state index in [-0.39, 0.29) is 0 Å². The van der Waals surface area contributed by atoms with Crippen molar-refractivity contribution in [2.24, 2.45) is 5.10 Å². The van der Waals surface area contributed by atoms with Gasteiger partial charge in [0.2, 0.25) is 0 Å². The highest BCUT2D eigenvalue weighted by Crippen LogP contribution is 2.37. The number of esters is 1. The van der Waals surface area contributed by atoms with Gasteiger partial charge in [-0.2, -0.15) is 5.10 Å². The molecule has 4 aromatic rings. The van der Waals surface area contributed by atoms with Gasteiger partial charge in [0.15, 0.2) is 0 Å². The molecule has 33 heavy (non-hydrogen) atoms. The number of rotatable bonds is 6. The number of hydrazone groups is 1. The zero-order chi connectivity index (χ0) is 23.4. The van der Waals surface area contributed by atoms with Crippen LogP contribution >= 0.6 is 38.9 Å². The maximum Gasteiger partial charge on any atom is 0.343 e. The zero-order valence-electron chi connectivity index (χ0n) is 17.2. The highest BCUT2D eigenvalue weighted by Gasteiger charge is 2.17. The molecule has 1 amide bonds. The molecule has 1 heterocycles. The highest BCUT2D eigenvalue weighted by molar-refractivity contribution is 9.10. The first-order valence-electron chi connectivity index (χ1n) is 9.62. The fourth-order valence-electron chi connectivity index (χ4n) is 2.94. The molecule has 0 bridgehead atoms. The molecule has 0 aliphatic rings. The van der Waals surface area contributed by atoms with Gasteiger partial charge in [-0.15, -0.1) is 11.3 Å². The van der Waals surface area contributed by atoms with Crippen molar-refractivity contribution in [2.45, 2.75) is 0 Å². The monoisotopic (exact) mass is 542 g/mol. The van der Waals surface area contributed by atoms with Gasteiger partial charge in [0.25, 0.3) is 5.91 Å². The number of methoxy groups -OCH3 is 1. The van der Waals surface area contributed by atoms with Crippen LogP contribution in [0.4, 0.5) is 0 Å². The van der Waals surface area contributed by atoms with Gasteiger partial charge < -0.3 is 9.47 Å². The second-order valence-electron chi connectivity index (χ2n) is 6.78. The average molecular weight is 544 g/mol. The van der Waals surface area contributed by atoms with E-state index in [0.717, 1.165) is 14.6 Å². The lowest BCUT2D eigenvalue weighted by Crippen LogP contribution is -2.16. The number of carbonyl (C=O) groups excluding carboxylic acids is 2. The van der Waals surface area contributed by atoms with Crippen molar-refractivity contribution in [1.29, 1.82) is 0 Å². The summed E-state index contributed by atoms with van der Waals surface area (Å²) in [6, 6.07) is 19.1. The first-order valence-corrected chi connectivity index (χ1v) is 11.6. The minimum absolute atomic E-state index is 0.367. The summed E-state index contributed by atoms with van der Waals surface area (Å²) < 4.78 is 12.2. The van der Waals surface area contributed by atoms with E-state index in [1.54, 1.807) is 55.6 Å². The zero-order valence-corrected chi connectivity index (χ0v) is 20.3. The van der Waals surface area contributed by atoms with Crippen LogP contribution in [0.5, 0.6) is 11.5 Å². The number of thiophene rings is 1. The summed E-state index contributed by atoms with van der Waals surface area (Å²) >= 11 is 11.0. The van der Waals surface area contributed by atoms with Crippen molar-refractivity contribution in [3.05, 3.63) is 92.2 Å². The third kappa shape index (κ3) is 5.42. The van der Waals surface area contributed by atoms with Crippen LogP contribution in [0.15, 0.2) is 76.3 Å². The summed E-state index contributed by atoms with van der Waals surface area (Å²) in [5, 5.41) is 5.16. The smallest absolute Gasteiger partial charge is 0.343 e. The van der Waals surface area contributed by atoms with Crippen LogP contribution in [-0.2, 0) is 0 Å². The number of nitrogens with zero attached hydrogens (tertiary/aromatic N) is 1. The second kappa shape index (κ2) is 10.2. The normalized spacial score (nSPS) is 11.0. The van der Waals surface area contributed by atoms with Crippen LogP contribution in [0.3, 0.4) is 0 Å². The quantitative estimate of drug-likeness (QED) is 0.134. The van der Waals surface area contributed by atoms with Crippen molar-refractivity contribution < 1.29 is 19.1 Å². The van der Waals surface area contributed by atoms with Gasteiger partial charge in [0, 0.05) is 14.6 Å². The molecule has 0 unspecified atom stereocenters. The van der Waals surface area contributed by atoms with Crippen molar-refractivity contribution >= 4 is 67.0 Å². The molecule has 6 nitrogen and oxygen atoms in total. The number of fused-ring (bicyclic) bond motifs is 1. The lowest BCUT2D eigenvalue weighted by Gasteiger charge is -2.05. The largest absolute Gasteiger partial charge is 0.497 e. The van der Waals surface area contributed by atoms with E-state index >= 15 is 0 Å². The molecule has 0 saturated carbocycles. The molecule has 3 aromatic carbocycles. The van der Waals surface area contributed by atoms with Gasteiger partial charge in [0.1, 0.15) is 16.4 Å². The molecule has 1 aromatic heterocycles. The van der Waals surface area contributed by atoms with Gasteiger partial charge in [-0.25, -0.2) is 10.2 Å². The molecular weight excluding hydrogens is 528 g/mol. The molecule has 0 saturated heterocycles. The van der Waals surface area contributed by atoms with Crippen molar-refractivity contribution in [3.8, 4) is 11.5 Å². The molecule has 0 aliphatic heterocycles. The maximum atomic E-state index is 12.5. The maximum absolute atomic E-state index is 12.5. The van der Waals surface area contributed by atoms with Crippen LogP contribution in [0.2, 0.25) is 5.02 Å². The van der Waals surface area contributed by atoms with E-state index in [9.17, 15) is 9.59 Å². The van der Waals surface area contributed by atoms with E-state index in [2.05, 4.69) is 26.5 Å². The number of hydrogen-bond acceptors (Lipinski definition) is 6. The standard InChI is InChI=1S/C24H16BrClN2O4S/c1-31-18-9-10-19-20(12-18)33-22(21(19)26)23(29)28-27-13-14-5-7-17(8-6-14)32-24(30)15-3-2-4-16(25)11-15/h2-13H,1H3,(H,28,29). The number of carbonyl (C=O) groups is 2. The Morgan fingerprint density at radius 2 is 1.82 bits per heavy atom. The molecule has 1 N–H and O–H groups in total. The Hall–Kier alpha value is -3.20. The Balaban J connectivity index is 1.38. The summed E-state index contributed by atoms with van der Waals surface area (Å²) in [6.45, 7) is 0. The Bertz CT molecular complexity index is 1370. The number of amides is 1. The highest BCUT2D eigenvalue weighted by atomic mass is 79.9. The second-order valence-corrected chi connectivity index (χ2v) is 9.12. The molecule has 9 heteroatoms.